The van der Waals surface area contributed by atoms with Crippen LogP contribution in [0.15, 0.2) is 48.5 Å². The maximum atomic E-state index is 12.1. The number of benzene rings is 2. The minimum absolute atomic E-state index is 0.114. The van der Waals surface area contributed by atoms with Crippen LogP contribution in [0.3, 0.4) is 0 Å². The molecule has 0 atom stereocenters. The van der Waals surface area contributed by atoms with Crippen LogP contribution in [0.1, 0.15) is 27.2 Å². The van der Waals surface area contributed by atoms with Crippen molar-refractivity contribution in [1.29, 1.82) is 0 Å². The molecular weight excluding hydrogens is 328 g/mol. The Morgan fingerprint density at radius 3 is 2.46 bits per heavy atom. The third kappa shape index (κ3) is 7.05. The molecule has 0 radical (unpaired) electrons. The molecule has 0 aliphatic rings. The fourth-order valence-corrected chi connectivity index (χ4v) is 2.20. The number of nitrogens with one attached hydrogen (secondary N) is 2. The van der Waals surface area contributed by atoms with Crippen LogP contribution >= 0.6 is 0 Å². The first kappa shape index (κ1) is 19.6. The van der Waals surface area contributed by atoms with E-state index in [0.717, 1.165) is 29.3 Å². The van der Waals surface area contributed by atoms with Gasteiger partial charge in [-0.2, -0.15) is 0 Å². The lowest BCUT2D eigenvalue weighted by atomic mass is 10.2. The van der Waals surface area contributed by atoms with E-state index in [1.807, 2.05) is 48.5 Å². The van der Waals surface area contributed by atoms with Crippen LogP contribution in [0.4, 0.5) is 11.4 Å². The molecular formula is C21H28N2O3. The Morgan fingerprint density at radius 1 is 1.00 bits per heavy atom. The molecule has 2 rings (SSSR count). The Labute approximate surface area is 155 Å². The van der Waals surface area contributed by atoms with Crippen LogP contribution in [0.2, 0.25) is 0 Å². The molecule has 5 nitrogen and oxygen atoms in total. The molecule has 0 unspecified atom stereocenters. The van der Waals surface area contributed by atoms with Gasteiger partial charge in [0.15, 0.2) is 0 Å². The molecule has 26 heavy (non-hydrogen) atoms. The van der Waals surface area contributed by atoms with Gasteiger partial charge < -0.3 is 20.1 Å². The first-order valence-corrected chi connectivity index (χ1v) is 9.06. The molecule has 0 bridgehead atoms. The van der Waals surface area contributed by atoms with E-state index in [1.54, 1.807) is 0 Å². The zero-order chi connectivity index (χ0) is 18.8. The highest BCUT2D eigenvalue weighted by atomic mass is 16.5. The van der Waals surface area contributed by atoms with Gasteiger partial charge in [0.2, 0.25) is 5.91 Å². The molecule has 0 aromatic heterocycles. The highest BCUT2D eigenvalue weighted by molar-refractivity contribution is 5.93. The second-order valence-corrected chi connectivity index (χ2v) is 6.51. The number of amides is 1. The Bertz CT molecular complexity index is 684. The maximum Gasteiger partial charge on any atom is 0.243 e. The summed E-state index contributed by atoms with van der Waals surface area (Å²) in [7, 11) is 0. The maximum absolute atomic E-state index is 12.1. The topological polar surface area (TPSA) is 59.6 Å². The summed E-state index contributed by atoms with van der Waals surface area (Å²) in [5.41, 5.74) is 1.60. The van der Waals surface area contributed by atoms with Crippen molar-refractivity contribution >= 4 is 17.3 Å². The van der Waals surface area contributed by atoms with E-state index >= 15 is 0 Å². The molecule has 0 spiro atoms. The van der Waals surface area contributed by atoms with E-state index in [9.17, 15) is 4.79 Å². The summed E-state index contributed by atoms with van der Waals surface area (Å²) < 4.78 is 11.2. The summed E-state index contributed by atoms with van der Waals surface area (Å²) in [6.45, 7) is 7.80. The van der Waals surface area contributed by atoms with E-state index < -0.39 is 0 Å². The first-order valence-electron chi connectivity index (χ1n) is 9.06. The van der Waals surface area contributed by atoms with E-state index in [2.05, 4.69) is 31.4 Å². The summed E-state index contributed by atoms with van der Waals surface area (Å²) in [6.07, 6.45) is 0.976. The van der Waals surface area contributed by atoms with Crippen molar-refractivity contribution < 1.29 is 14.3 Å². The van der Waals surface area contributed by atoms with Gasteiger partial charge in [-0.05, 0) is 48.7 Å². The number of ether oxygens (including phenoxy) is 2. The van der Waals surface area contributed by atoms with Crippen LogP contribution in [0, 0.1) is 5.92 Å². The van der Waals surface area contributed by atoms with Crippen molar-refractivity contribution in [3.05, 3.63) is 48.5 Å². The second-order valence-electron chi connectivity index (χ2n) is 6.51. The van der Waals surface area contributed by atoms with Gasteiger partial charge in [0.05, 0.1) is 19.8 Å². The van der Waals surface area contributed by atoms with Crippen LogP contribution in [-0.4, -0.2) is 25.7 Å². The van der Waals surface area contributed by atoms with Gasteiger partial charge in [0.25, 0.3) is 0 Å². The monoisotopic (exact) mass is 356 g/mol. The molecule has 140 valence electrons. The summed E-state index contributed by atoms with van der Waals surface area (Å²) >= 11 is 0. The highest BCUT2D eigenvalue weighted by Crippen LogP contribution is 2.18. The van der Waals surface area contributed by atoms with Gasteiger partial charge in [-0.25, -0.2) is 0 Å². The third-order valence-corrected chi connectivity index (χ3v) is 3.48. The molecule has 0 heterocycles. The summed E-state index contributed by atoms with van der Waals surface area (Å²) in [5.74, 6) is 1.93. The van der Waals surface area contributed by atoms with Gasteiger partial charge in [-0.1, -0.05) is 26.8 Å². The predicted molar refractivity (Wildman–Crippen MR) is 106 cm³/mol. The van der Waals surface area contributed by atoms with Crippen LogP contribution in [-0.2, 0) is 4.79 Å². The van der Waals surface area contributed by atoms with Crippen molar-refractivity contribution in [3.8, 4) is 11.5 Å². The highest BCUT2D eigenvalue weighted by Gasteiger charge is 2.04. The van der Waals surface area contributed by atoms with Crippen molar-refractivity contribution in [1.82, 2.24) is 0 Å². The molecule has 0 fully saturated rings. The van der Waals surface area contributed by atoms with Crippen LogP contribution in [0.5, 0.6) is 11.5 Å². The molecule has 0 aliphatic heterocycles. The number of anilines is 2. The lowest BCUT2D eigenvalue weighted by Crippen LogP contribution is -2.21. The van der Waals surface area contributed by atoms with Gasteiger partial charge in [-0.3, -0.25) is 4.79 Å². The van der Waals surface area contributed by atoms with Crippen LogP contribution < -0.4 is 20.1 Å². The number of rotatable bonds is 10. The van der Waals surface area contributed by atoms with Crippen LogP contribution in [0.25, 0.3) is 0 Å². The van der Waals surface area contributed by atoms with E-state index in [4.69, 9.17) is 9.47 Å². The first-order chi connectivity index (χ1) is 12.6. The van der Waals surface area contributed by atoms with Gasteiger partial charge in [0, 0.05) is 17.4 Å². The predicted octanol–water partition coefficient (Wildman–Crippen LogP) is 4.56. The smallest absolute Gasteiger partial charge is 0.243 e. The van der Waals surface area contributed by atoms with Gasteiger partial charge in [-0.15, -0.1) is 0 Å². The van der Waals surface area contributed by atoms with E-state index in [-0.39, 0.29) is 12.5 Å². The lowest BCUT2D eigenvalue weighted by molar-refractivity contribution is -0.114. The van der Waals surface area contributed by atoms with E-state index in [0.29, 0.717) is 19.1 Å². The number of hydrogen-bond donors (Lipinski definition) is 2. The van der Waals surface area contributed by atoms with Crippen molar-refractivity contribution in [3.63, 3.8) is 0 Å². The quantitative estimate of drug-likeness (QED) is 0.655. The van der Waals surface area contributed by atoms with Crippen molar-refractivity contribution in [2.24, 2.45) is 5.92 Å². The SMILES string of the molecule is CCCOc1ccc(NCC(=O)Nc2cccc(OCC(C)C)c2)cc1. The molecule has 2 aromatic rings. The normalized spacial score (nSPS) is 10.5. The molecule has 5 heteroatoms. The Morgan fingerprint density at radius 2 is 1.77 bits per heavy atom. The molecule has 0 saturated carbocycles. The number of hydrogen-bond acceptors (Lipinski definition) is 4. The minimum Gasteiger partial charge on any atom is -0.494 e. The Balaban J connectivity index is 1.80. The molecule has 2 N–H and O–H groups in total. The summed E-state index contributed by atoms with van der Waals surface area (Å²) in [6, 6.07) is 15.0. The molecule has 0 saturated heterocycles. The minimum atomic E-state index is -0.114. The largest absolute Gasteiger partial charge is 0.494 e. The summed E-state index contributed by atoms with van der Waals surface area (Å²) in [4.78, 5) is 12.1. The van der Waals surface area contributed by atoms with Gasteiger partial charge in [0.1, 0.15) is 11.5 Å². The Kier molecular flexibility index (Phi) is 7.80. The molecule has 0 aliphatic carbocycles. The molecule has 2 aromatic carbocycles. The number of carbonyl (C=O) groups excluding carboxylic acids is 1. The Hall–Kier alpha value is -2.69. The number of carbonyl (C=O) groups is 1. The summed E-state index contributed by atoms with van der Waals surface area (Å²) in [5, 5.41) is 5.98. The third-order valence-electron chi connectivity index (χ3n) is 3.48. The zero-order valence-electron chi connectivity index (χ0n) is 15.7. The molecule has 1 amide bonds. The van der Waals surface area contributed by atoms with Crippen molar-refractivity contribution in [2.45, 2.75) is 27.2 Å². The second kappa shape index (κ2) is 10.3. The fourth-order valence-electron chi connectivity index (χ4n) is 2.20. The lowest BCUT2D eigenvalue weighted by Gasteiger charge is -2.11. The standard InChI is InChI=1S/C21H28N2O3/c1-4-12-25-19-10-8-17(9-11-19)22-14-21(24)23-18-6-5-7-20(13-18)26-15-16(2)3/h5-11,13,16,22H,4,12,14-15H2,1-3H3,(H,23,24). The average molecular weight is 356 g/mol. The average Bonchev–Trinajstić information content (AvgIpc) is 2.64. The van der Waals surface area contributed by atoms with Gasteiger partial charge >= 0.3 is 0 Å². The van der Waals surface area contributed by atoms with Crippen molar-refractivity contribution in [2.75, 3.05) is 30.4 Å². The van der Waals surface area contributed by atoms with E-state index in [1.165, 1.54) is 0 Å². The zero-order valence-corrected chi connectivity index (χ0v) is 15.7. The fraction of sp³-hybridized carbons (Fsp3) is 0.381.